The molecule has 0 saturated heterocycles. The molecule has 0 aliphatic carbocycles. The zero-order chi connectivity index (χ0) is 11.9. The van der Waals surface area contributed by atoms with Gasteiger partial charge < -0.3 is 10.1 Å². The van der Waals surface area contributed by atoms with Gasteiger partial charge in [-0.3, -0.25) is 0 Å². The monoisotopic (exact) mass is 215 g/mol. The third kappa shape index (κ3) is 10.2. The average Bonchev–Trinajstić information content (AvgIpc) is 2.12. The highest BCUT2D eigenvalue weighted by Gasteiger charge is 2.11. The molecule has 92 valence electrons. The molecule has 0 aliphatic heterocycles. The summed E-state index contributed by atoms with van der Waals surface area (Å²) in [5.41, 5.74) is 0.379. The van der Waals surface area contributed by atoms with Gasteiger partial charge in [0.25, 0.3) is 0 Å². The molecule has 0 radical (unpaired) electrons. The molecular weight excluding hydrogens is 186 g/mol. The zero-order valence-corrected chi connectivity index (χ0v) is 11.4. The highest BCUT2D eigenvalue weighted by atomic mass is 16.5. The number of nitrogens with one attached hydrogen (secondary N) is 1. The van der Waals surface area contributed by atoms with Gasteiger partial charge in [0.15, 0.2) is 0 Å². The fraction of sp³-hybridized carbons (Fsp3) is 1.00. The lowest BCUT2D eigenvalue weighted by Crippen LogP contribution is -2.33. The van der Waals surface area contributed by atoms with Crippen molar-refractivity contribution in [3.63, 3.8) is 0 Å². The van der Waals surface area contributed by atoms with Gasteiger partial charge >= 0.3 is 0 Å². The predicted octanol–water partition coefficient (Wildman–Crippen LogP) is 3.22. The van der Waals surface area contributed by atoms with Crippen molar-refractivity contribution < 1.29 is 4.74 Å². The Bertz CT molecular complexity index is 151. The summed E-state index contributed by atoms with van der Waals surface area (Å²) in [6.45, 7) is 15.1. The molecule has 0 heterocycles. The zero-order valence-electron chi connectivity index (χ0n) is 11.4. The van der Waals surface area contributed by atoms with E-state index in [4.69, 9.17) is 4.74 Å². The normalized spacial score (nSPS) is 16.4. The molecule has 0 bridgehead atoms. The van der Waals surface area contributed by atoms with Crippen molar-refractivity contribution in [3.05, 3.63) is 0 Å². The van der Waals surface area contributed by atoms with Crippen LogP contribution < -0.4 is 5.32 Å². The first-order valence-electron chi connectivity index (χ1n) is 6.20. The second-order valence-electron chi connectivity index (χ2n) is 5.71. The second-order valence-corrected chi connectivity index (χ2v) is 5.71. The Kier molecular flexibility index (Phi) is 7.20. The van der Waals surface area contributed by atoms with E-state index in [1.807, 2.05) is 0 Å². The maximum Gasteiger partial charge on any atom is 0.0671 e. The fourth-order valence-electron chi connectivity index (χ4n) is 1.14. The maximum absolute atomic E-state index is 5.75. The number of hydrogen-bond acceptors (Lipinski definition) is 2. The average molecular weight is 215 g/mol. The lowest BCUT2D eigenvalue weighted by atomic mass is 9.93. The first kappa shape index (κ1) is 14.9. The minimum Gasteiger partial charge on any atom is -0.377 e. The summed E-state index contributed by atoms with van der Waals surface area (Å²) in [6, 6.07) is 0.596. The molecule has 0 fully saturated rings. The van der Waals surface area contributed by atoms with Gasteiger partial charge in [0.05, 0.1) is 6.10 Å². The molecule has 0 saturated carbocycles. The standard InChI is InChI=1S/C13H29NO/c1-7-11(2)14-10-12(3)15-9-8-13(4,5)6/h11-12,14H,7-10H2,1-6H3. The Labute approximate surface area is 95.8 Å². The third-order valence-electron chi connectivity index (χ3n) is 2.62. The summed E-state index contributed by atoms with van der Waals surface area (Å²) >= 11 is 0. The van der Waals surface area contributed by atoms with Crippen molar-refractivity contribution in [3.8, 4) is 0 Å². The molecule has 0 spiro atoms. The van der Waals surface area contributed by atoms with Crippen LogP contribution in [0, 0.1) is 5.41 Å². The van der Waals surface area contributed by atoms with E-state index >= 15 is 0 Å². The minimum atomic E-state index is 0.321. The lowest BCUT2D eigenvalue weighted by Gasteiger charge is -2.21. The molecule has 0 aromatic heterocycles. The summed E-state index contributed by atoms with van der Waals surface area (Å²) in [4.78, 5) is 0. The highest BCUT2D eigenvalue weighted by Crippen LogP contribution is 2.18. The summed E-state index contributed by atoms with van der Waals surface area (Å²) in [6.07, 6.45) is 2.62. The lowest BCUT2D eigenvalue weighted by molar-refractivity contribution is 0.0478. The van der Waals surface area contributed by atoms with Crippen LogP contribution in [0.25, 0.3) is 0 Å². The van der Waals surface area contributed by atoms with Crippen molar-refractivity contribution >= 4 is 0 Å². The van der Waals surface area contributed by atoms with Gasteiger partial charge in [-0.15, -0.1) is 0 Å². The third-order valence-corrected chi connectivity index (χ3v) is 2.62. The van der Waals surface area contributed by atoms with E-state index in [1.54, 1.807) is 0 Å². The number of hydrogen-bond donors (Lipinski definition) is 1. The van der Waals surface area contributed by atoms with Crippen molar-refractivity contribution in [2.45, 2.75) is 66.5 Å². The van der Waals surface area contributed by atoms with Crippen molar-refractivity contribution in [1.29, 1.82) is 0 Å². The number of ether oxygens (including phenoxy) is 1. The van der Waals surface area contributed by atoms with E-state index in [9.17, 15) is 0 Å². The molecule has 1 N–H and O–H groups in total. The van der Waals surface area contributed by atoms with E-state index in [0.717, 1.165) is 19.6 Å². The summed E-state index contributed by atoms with van der Waals surface area (Å²) < 4.78 is 5.75. The van der Waals surface area contributed by atoms with Crippen LogP contribution >= 0.6 is 0 Å². The Morgan fingerprint density at radius 3 is 2.27 bits per heavy atom. The largest absolute Gasteiger partial charge is 0.377 e. The quantitative estimate of drug-likeness (QED) is 0.704. The topological polar surface area (TPSA) is 21.3 Å². The van der Waals surface area contributed by atoms with Crippen LogP contribution in [0.1, 0.15) is 54.4 Å². The molecule has 0 rings (SSSR count). The van der Waals surface area contributed by atoms with E-state index in [2.05, 4.69) is 46.9 Å². The molecule has 2 heteroatoms. The molecule has 2 nitrogen and oxygen atoms in total. The summed E-state index contributed by atoms with van der Waals surface area (Å²) in [5, 5.41) is 3.45. The van der Waals surface area contributed by atoms with Crippen LogP contribution in [0.2, 0.25) is 0 Å². The van der Waals surface area contributed by atoms with Gasteiger partial charge in [0.1, 0.15) is 0 Å². The first-order valence-corrected chi connectivity index (χ1v) is 6.20. The molecule has 0 amide bonds. The molecule has 0 aromatic rings. The Hall–Kier alpha value is -0.0800. The van der Waals surface area contributed by atoms with E-state index < -0.39 is 0 Å². The predicted molar refractivity (Wildman–Crippen MR) is 67.2 cm³/mol. The van der Waals surface area contributed by atoms with Gasteiger partial charge in [-0.05, 0) is 32.1 Å². The van der Waals surface area contributed by atoms with Gasteiger partial charge in [-0.2, -0.15) is 0 Å². The van der Waals surface area contributed by atoms with Crippen LogP contribution in [0.4, 0.5) is 0 Å². The van der Waals surface area contributed by atoms with Crippen molar-refractivity contribution in [2.75, 3.05) is 13.2 Å². The van der Waals surface area contributed by atoms with Crippen molar-refractivity contribution in [1.82, 2.24) is 5.32 Å². The Balaban J connectivity index is 3.45. The fourth-order valence-corrected chi connectivity index (χ4v) is 1.14. The molecule has 0 aliphatic rings. The number of rotatable bonds is 7. The van der Waals surface area contributed by atoms with E-state index in [-0.39, 0.29) is 0 Å². The van der Waals surface area contributed by atoms with Crippen molar-refractivity contribution in [2.24, 2.45) is 5.41 Å². The van der Waals surface area contributed by atoms with Gasteiger partial charge in [-0.25, -0.2) is 0 Å². The van der Waals surface area contributed by atoms with E-state index in [1.165, 1.54) is 6.42 Å². The molecule has 2 unspecified atom stereocenters. The maximum atomic E-state index is 5.75. The second kappa shape index (κ2) is 7.24. The van der Waals surface area contributed by atoms with Gasteiger partial charge in [-0.1, -0.05) is 27.7 Å². The molecule has 15 heavy (non-hydrogen) atoms. The van der Waals surface area contributed by atoms with Crippen LogP contribution in [0.3, 0.4) is 0 Å². The van der Waals surface area contributed by atoms with Crippen LogP contribution in [-0.4, -0.2) is 25.3 Å². The van der Waals surface area contributed by atoms with Crippen LogP contribution in [-0.2, 0) is 4.74 Å². The van der Waals surface area contributed by atoms with Gasteiger partial charge in [0, 0.05) is 19.2 Å². The van der Waals surface area contributed by atoms with E-state index in [0.29, 0.717) is 17.6 Å². The SMILES string of the molecule is CCC(C)NCC(C)OCCC(C)(C)C. The smallest absolute Gasteiger partial charge is 0.0671 e. The van der Waals surface area contributed by atoms with Crippen LogP contribution in [0.15, 0.2) is 0 Å². The first-order chi connectivity index (χ1) is 6.85. The Morgan fingerprint density at radius 1 is 1.20 bits per heavy atom. The molecular formula is C13H29NO. The van der Waals surface area contributed by atoms with Crippen LogP contribution in [0.5, 0.6) is 0 Å². The highest BCUT2D eigenvalue weighted by molar-refractivity contribution is 4.64. The minimum absolute atomic E-state index is 0.321. The summed E-state index contributed by atoms with van der Waals surface area (Å²) in [7, 11) is 0. The molecule has 2 atom stereocenters. The molecule has 0 aromatic carbocycles. The summed E-state index contributed by atoms with van der Waals surface area (Å²) in [5.74, 6) is 0. The Morgan fingerprint density at radius 2 is 1.80 bits per heavy atom. The van der Waals surface area contributed by atoms with Gasteiger partial charge in [0.2, 0.25) is 0 Å².